The predicted molar refractivity (Wildman–Crippen MR) is 78.9 cm³/mol. The van der Waals surface area contributed by atoms with E-state index in [1.807, 2.05) is 17.5 Å². The molecule has 2 N–H and O–H groups in total. The maximum atomic E-state index is 10.5. The summed E-state index contributed by atoms with van der Waals surface area (Å²) in [5, 5.41) is 28.5. The van der Waals surface area contributed by atoms with Gasteiger partial charge in [0.2, 0.25) is 5.76 Å². The van der Waals surface area contributed by atoms with Gasteiger partial charge in [-0.25, -0.2) is 4.79 Å². The standard InChI is InChI=1S/C15H12N2O3S/c16-8-14-11(5-6-21-14)3-1-10-2-4-12(17-9-10)7-13(18)15(19)20/h2,4-7,9,18H,1,3H2,(H,19,20)/b13-7-. The topological polar surface area (TPSA) is 94.2 Å². The highest BCUT2D eigenvalue weighted by Gasteiger charge is 2.06. The van der Waals surface area contributed by atoms with Gasteiger partial charge in [-0.2, -0.15) is 5.26 Å². The predicted octanol–water partition coefficient (Wildman–Crippen LogP) is 2.78. The van der Waals surface area contributed by atoms with Crippen molar-refractivity contribution in [2.24, 2.45) is 0 Å². The number of carboxylic acids is 1. The highest BCUT2D eigenvalue weighted by Crippen LogP contribution is 2.17. The molecule has 0 saturated heterocycles. The molecule has 5 nitrogen and oxygen atoms in total. The molecule has 0 aliphatic carbocycles. The molecule has 2 heterocycles. The second kappa shape index (κ2) is 6.68. The number of hydrogen-bond acceptors (Lipinski definition) is 5. The van der Waals surface area contributed by atoms with Gasteiger partial charge in [0.25, 0.3) is 0 Å². The molecule has 0 radical (unpaired) electrons. The lowest BCUT2D eigenvalue weighted by atomic mass is 10.1. The van der Waals surface area contributed by atoms with Crippen LogP contribution in [0.2, 0.25) is 0 Å². The Hall–Kier alpha value is -2.65. The fourth-order valence-electron chi connectivity index (χ4n) is 1.78. The first-order valence-corrected chi connectivity index (χ1v) is 7.03. The van der Waals surface area contributed by atoms with Crippen molar-refractivity contribution in [2.45, 2.75) is 12.8 Å². The monoisotopic (exact) mass is 300 g/mol. The van der Waals surface area contributed by atoms with Gasteiger partial charge < -0.3 is 10.2 Å². The zero-order chi connectivity index (χ0) is 15.2. The molecule has 0 spiro atoms. The Kier molecular flexibility index (Phi) is 4.69. The van der Waals surface area contributed by atoms with E-state index in [9.17, 15) is 4.79 Å². The molecule has 0 aliphatic rings. The molecule has 2 aromatic heterocycles. The van der Waals surface area contributed by atoms with Gasteiger partial charge in [-0.3, -0.25) is 4.98 Å². The van der Waals surface area contributed by atoms with Crippen LogP contribution in [0.25, 0.3) is 6.08 Å². The Balaban J connectivity index is 2.02. The molecular weight excluding hydrogens is 288 g/mol. The summed E-state index contributed by atoms with van der Waals surface area (Å²) in [5.41, 5.74) is 2.39. The number of nitriles is 1. The molecule has 0 bridgehead atoms. The van der Waals surface area contributed by atoms with Crippen LogP contribution < -0.4 is 0 Å². The van der Waals surface area contributed by atoms with Crippen LogP contribution in [0.15, 0.2) is 35.5 Å². The Morgan fingerprint density at radius 3 is 2.76 bits per heavy atom. The molecule has 2 aromatic rings. The van der Waals surface area contributed by atoms with Crippen molar-refractivity contribution < 1.29 is 15.0 Å². The van der Waals surface area contributed by atoms with Crippen LogP contribution in [0.1, 0.15) is 21.7 Å². The number of thiophene rings is 1. The van der Waals surface area contributed by atoms with Gasteiger partial charge in [-0.05, 0) is 41.5 Å². The summed E-state index contributed by atoms with van der Waals surface area (Å²) in [7, 11) is 0. The number of pyridine rings is 1. The summed E-state index contributed by atoms with van der Waals surface area (Å²) in [5.74, 6) is -2.13. The second-order valence-electron chi connectivity index (χ2n) is 4.31. The fourth-order valence-corrected chi connectivity index (χ4v) is 2.52. The van der Waals surface area contributed by atoms with E-state index in [0.717, 1.165) is 34.9 Å². The van der Waals surface area contributed by atoms with Crippen LogP contribution in [-0.2, 0) is 17.6 Å². The first-order valence-electron chi connectivity index (χ1n) is 6.15. The van der Waals surface area contributed by atoms with Gasteiger partial charge in [-0.1, -0.05) is 6.07 Å². The largest absolute Gasteiger partial charge is 0.502 e. The molecule has 0 atom stereocenters. The zero-order valence-electron chi connectivity index (χ0n) is 11.0. The van der Waals surface area contributed by atoms with Crippen LogP contribution in [0, 0.1) is 11.3 Å². The van der Waals surface area contributed by atoms with E-state index in [0.29, 0.717) is 5.69 Å². The number of aryl methyl sites for hydroxylation is 2. The van der Waals surface area contributed by atoms with Crippen LogP contribution in [-0.4, -0.2) is 21.2 Å². The van der Waals surface area contributed by atoms with E-state index in [2.05, 4.69) is 11.1 Å². The maximum Gasteiger partial charge on any atom is 0.371 e. The molecule has 0 saturated carbocycles. The van der Waals surface area contributed by atoms with Gasteiger partial charge in [0.1, 0.15) is 10.9 Å². The average Bonchev–Trinajstić information content (AvgIpc) is 2.94. The van der Waals surface area contributed by atoms with E-state index < -0.39 is 11.7 Å². The Bertz CT molecular complexity index is 711. The number of aliphatic hydroxyl groups excluding tert-OH is 1. The van der Waals surface area contributed by atoms with Crippen molar-refractivity contribution in [3.8, 4) is 6.07 Å². The number of nitrogens with zero attached hydrogens (tertiary/aromatic N) is 2. The molecule has 0 unspecified atom stereocenters. The van der Waals surface area contributed by atoms with Crippen molar-refractivity contribution >= 4 is 23.4 Å². The minimum absolute atomic E-state index is 0.381. The smallest absolute Gasteiger partial charge is 0.371 e. The third-order valence-electron chi connectivity index (χ3n) is 2.88. The summed E-state index contributed by atoms with van der Waals surface area (Å²) < 4.78 is 0. The lowest BCUT2D eigenvalue weighted by molar-refractivity contribution is -0.135. The first-order chi connectivity index (χ1) is 10.1. The third-order valence-corrected chi connectivity index (χ3v) is 3.74. The Labute approximate surface area is 125 Å². The van der Waals surface area contributed by atoms with E-state index in [1.165, 1.54) is 11.3 Å². The van der Waals surface area contributed by atoms with Crippen LogP contribution in [0.4, 0.5) is 0 Å². The quantitative estimate of drug-likeness (QED) is 0.654. The van der Waals surface area contributed by atoms with Gasteiger partial charge >= 0.3 is 5.97 Å². The molecule has 2 rings (SSSR count). The van der Waals surface area contributed by atoms with E-state index in [1.54, 1.807) is 12.3 Å². The Morgan fingerprint density at radius 2 is 2.14 bits per heavy atom. The SMILES string of the molecule is N#Cc1sccc1CCc1ccc(/C=C(\O)C(=O)O)nc1. The summed E-state index contributed by atoms with van der Waals surface area (Å²) in [6, 6.07) is 7.58. The van der Waals surface area contributed by atoms with E-state index >= 15 is 0 Å². The van der Waals surface area contributed by atoms with Gasteiger partial charge in [0, 0.05) is 12.3 Å². The number of rotatable bonds is 5. The van der Waals surface area contributed by atoms with Crippen molar-refractivity contribution in [2.75, 3.05) is 0 Å². The highest BCUT2D eigenvalue weighted by molar-refractivity contribution is 7.10. The number of carboxylic acid groups (broad SMARTS) is 1. The molecule has 0 aliphatic heterocycles. The fraction of sp³-hybridized carbons (Fsp3) is 0.133. The zero-order valence-corrected chi connectivity index (χ0v) is 11.8. The van der Waals surface area contributed by atoms with Crippen LogP contribution in [0.5, 0.6) is 0 Å². The van der Waals surface area contributed by atoms with Crippen LogP contribution >= 0.6 is 11.3 Å². The highest BCUT2D eigenvalue weighted by atomic mass is 32.1. The molecule has 0 aromatic carbocycles. The minimum Gasteiger partial charge on any atom is -0.502 e. The van der Waals surface area contributed by atoms with Gasteiger partial charge in [0.05, 0.1) is 5.69 Å². The molecule has 6 heteroatoms. The summed E-state index contributed by atoms with van der Waals surface area (Å²) in [6.07, 6.45) is 4.23. The number of hydrogen-bond donors (Lipinski definition) is 2. The Morgan fingerprint density at radius 1 is 1.33 bits per heavy atom. The molecular formula is C15H12N2O3S. The van der Waals surface area contributed by atoms with Crippen molar-refractivity contribution in [1.29, 1.82) is 5.26 Å². The van der Waals surface area contributed by atoms with E-state index in [4.69, 9.17) is 15.5 Å². The second-order valence-corrected chi connectivity index (χ2v) is 5.23. The summed E-state index contributed by atoms with van der Waals surface area (Å²) in [4.78, 5) is 15.3. The van der Waals surface area contributed by atoms with Gasteiger partial charge in [0.15, 0.2) is 0 Å². The molecule has 106 valence electrons. The lowest BCUT2D eigenvalue weighted by Crippen LogP contribution is -1.99. The average molecular weight is 300 g/mol. The minimum atomic E-state index is -1.39. The number of carbonyl (C=O) groups is 1. The van der Waals surface area contributed by atoms with E-state index in [-0.39, 0.29) is 0 Å². The first kappa shape index (κ1) is 14.8. The summed E-state index contributed by atoms with van der Waals surface area (Å²) in [6.45, 7) is 0. The van der Waals surface area contributed by atoms with Crippen LogP contribution in [0.3, 0.4) is 0 Å². The maximum absolute atomic E-state index is 10.5. The summed E-state index contributed by atoms with van der Waals surface area (Å²) >= 11 is 1.43. The van der Waals surface area contributed by atoms with Crippen molar-refractivity contribution in [3.63, 3.8) is 0 Å². The normalized spacial score (nSPS) is 11.1. The van der Waals surface area contributed by atoms with Crippen molar-refractivity contribution in [1.82, 2.24) is 4.98 Å². The molecule has 21 heavy (non-hydrogen) atoms. The number of aliphatic carboxylic acids is 1. The van der Waals surface area contributed by atoms with Crippen molar-refractivity contribution in [3.05, 3.63) is 57.2 Å². The third kappa shape index (κ3) is 3.91. The molecule has 0 fully saturated rings. The lowest BCUT2D eigenvalue weighted by Gasteiger charge is -2.01. The van der Waals surface area contributed by atoms with Gasteiger partial charge in [-0.15, -0.1) is 11.3 Å². The number of aliphatic hydroxyl groups is 1. The number of aromatic nitrogens is 1. The molecule has 0 amide bonds.